The topological polar surface area (TPSA) is 43.9 Å². The summed E-state index contributed by atoms with van der Waals surface area (Å²) in [6, 6.07) is 22.4. The van der Waals surface area contributed by atoms with E-state index >= 15 is 0 Å². The Balaban J connectivity index is 1.35. The van der Waals surface area contributed by atoms with Crippen LogP contribution in [0.1, 0.15) is 18.1 Å². The number of anilines is 2. The fourth-order valence-corrected chi connectivity index (χ4v) is 5.81. The molecule has 5 rings (SSSR count). The summed E-state index contributed by atoms with van der Waals surface area (Å²) in [7, 11) is 0. The molecule has 0 unspecified atom stereocenters. The molecule has 3 aromatic rings. The Morgan fingerprint density at radius 1 is 1.06 bits per heavy atom. The number of carbonyl (C=O) groups is 2. The molecule has 0 aliphatic carbocycles. The fourth-order valence-electron chi connectivity index (χ4n) is 4.76. The van der Waals surface area contributed by atoms with E-state index in [9.17, 15) is 14.0 Å². The molecule has 0 saturated carbocycles. The average Bonchev–Trinajstić information content (AvgIpc) is 2.87. The molecular formula is C29H28FN3O2S. The summed E-state index contributed by atoms with van der Waals surface area (Å²) in [5.41, 5.74) is 3.42. The first-order chi connectivity index (χ1) is 17.4. The highest BCUT2D eigenvalue weighted by atomic mass is 32.2. The highest BCUT2D eigenvalue weighted by Crippen LogP contribution is 2.42. The van der Waals surface area contributed by atoms with Gasteiger partial charge in [0, 0.05) is 41.8 Å². The summed E-state index contributed by atoms with van der Waals surface area (Å²) >= 11 is 1.31. The van der Waals surface area contributed by atoms with Gasteiger partial charge in [-0.25, -0.2) is 4.39 Å². The lowest BCUT2D eigenvalue weighted by Crippen LogP contribution is -2.56. The molecule has 2 aliphatic rings. The molecule has 1 saturated heterocycles. The average molecular weight is 502 g/mol. The Kier molecular flexibility index (Phi) is 6.83. The van der Waals surface area contributed by atoms with Crippen molar-refractivity contribution in [3.8, 4) is 0 Å². The smallest absolute Gasteiger partial charge is 0.265 e. The van der Waals surface area contributed by atoms with Crippen molar-refractivity contribution in [1.82, 2.24) is 4.90 Å². The van der Waals surface area contributed by atoms with Crippen LogP contribution in [0, 0.1) is 12.7 Å². The predicted octanol–water partition coefficient (Wildman–Crippen LogP) is 5.35. The summed E-state index contributed by atoms with van der Waals surface area (Å²) in [4.78, 5) is 33.9. The second-order valence-electron chi connectivity index (χ2n) is 9.21. The molecule has 36 heavy (non-hydrogen) atoms. The molecule has 2 heterocycles. The van der Waals surface area contributed by atoms with Gasteiger partial charge in [-0.1, -0.05) is 54.2 Å². The first-order valence-electron chi connectivity index (χ1n) is 12.1. The maximum atomic E-state index is 14.3. The maximum absolute atomic E-state index is 14.3. The zero-order chi connectivity index (χ0) is 25.2. The quantitative estimate of drug-likeness (QED) is 0.452. The summed E-state index contributed by atoms with van der Waals surface area (Å²) in [6.07, 6.45) is 1.57. The zero-order valence-electron chi connectivity index (χ0n) is 20.4. The third kappa shape index (κ3) is 4.88. The minimum absolute atomic E-state index is 0.0534. The zero-order valence-corrected chi connectivity index (χ0v) is 21.2. The summed E-state index contributed by atoms with van der Waals surface area (Å²) < 4.78 is 14.3. The lowest BCUT2D eigenvalue weighted by Gasteiger charge is -2.42. The predicted molar refractivity (Wildman–Crippen MR) is 144 cm³/mol. The molecule has 1 atom stereocenters. The molecule has 0 N–H and O–H groups in total. The summed E-state index contributed by atoms with van der Waals surface area (Å²) in [6.45, 7) is 6.05. The molecule has 1 fully saturated rings. The number of benzene rings is 3. The third-order valence-corrected chi connectivity index (χ3v) is 7.71. The van der Waals surface area contributed by atoms with Gasteiger partial charge >= 0.3 is 0 Å². The number of piperazine rings is 1. The van der Waals surface area contributed by atoms with Crippen LogP contribution >= 0.6 is 11.8 Å². The van der Waals surface area contributed by atoms with Crippen LogP contribution in [-0.2, 0) is 9.59 Å². The SMILES string of the molecule is Cc1cccc(N2CCN(C(=O)CN3C(=O)/C(=C/c4ccccc4F)Sc4ccccc43)C[C@@H]2C)c1. The molecule has 2 aliphatic heterocycles. The molecule has 5 nitrogen and oxygen atoms in total. The number of hydrogen-bond donors (Lipinski definition) is 0. The number of amides is 2. The maximum Gasteiger partial charge on any atom is 0.265 e. The monoisotopic (exact) mass is 501 g/mol. The van der Waals surface area contributed by atoms with Gasteiger partial charge in [0.25, 0.3) is 5.91 Å². The lowest BCUT2D eigenvalue weighted by atomic mass is 10.1. The number of halogens is 1. The largest absolute Gasteiger partial charge is 0.365 e. The minimum Gasteiger partial charge on any atom is -0.365 e. The minimum atomic E-state index is -0.389. The summed E-state index contributed by atoms with van der Waals surface area (Å²) in [5, 5.41) is 0. The van der Waals surface area contributed by atoms with E-state index < -0.39 is 0 Å². The molecule has 2 amide bonds. The van der Waals surface area contributed by atoms with E-state index in [1.807, 2.05) is 29.2 Å². The first-order valence-corrected chi connectivity index (χ1v) is 12.9. The number of fused-ring (bicyclic) bond motifs is 1. The summed E-state index contributed by atoms with van der Waals surface area (Å²) in [5.74, 6) is -0.770. The van der Waals surface area contributed by atoms with E-state index in [-0.39, 0.29) is 30.2 Å². The van der Waals surface area contributed by atoms with E-state index in [4.69, 9.17) is 0 Å². The number of aryl methyl sites for hydroxylation is 1. The van der Waals surface area contributed by atoms with Gasteiger partial charge in [0.2, 0.25) is 5.91 Å². The van der Waals surface area contributed by atoms with E-state index in [0.717, 1.165) is 17.1 Å². The number of carbonyl (C=O) groups excluding carboxylic acids is 2. The van der Waals surface area contributed by atoms with Crippen molar-refractivity contribution in [3.63, 3.8) is 0 Å². The van der Waals surface area contributed by atoms with Crippen LogP contribution in [0.2, 0.25) is 0 Å². The van der Waals surface area contributed by atoms with Crippen LogP contribution < -0.4 is 9.80 Å². The van der Waals surface area contributed by atoms with Gasteiger partial charge in [0.1, 0.15) is 12.4 Å². The molecule has 184 valence electrons. The van der Waals surface area contributed by atoms with Crippen molar-refractivity contribution in [2.45, 2.75) is 24.8 Å². The number of para-hydroxylation sites is 1. The first kappa shape index (κ1) is 24.1. The Morgan fingerprint density at radius 3 is 2.61 bits per heavy atom. The van der Waals surface area contributed by atoms with Gasteiger partial charge in [0.05, 0.1) is 10.6 Å². The standard InChI is InChI=1S/C29H28FN3O2S/c1-20-8-7-10-23(16-20)32-15-14-31(18-21(32)2)28(34)19-33-25-12-5-6-13-26(25)36-27(29(33)35)17-22-9-3-4-11-24(22)30/h3-13,16-17,21H,14-15,18-19H2,1-2H3/b27-17-/t21-/m0/s1. The normalized spacial score (nSPS) is 19.0. The molecule has 7 heteroatoms. The number of rotatable bonds is 4. The Labute approximate surface area is 215 Å². The highest BCUT2D eigenvalue weighted by molar-refractivity contribution is 8.04. The Morgan fingerprint density at radius 2 is 1.83 bits per heavy atom. The van der Waals surface area contributed by atoms with Crippen molar-refractivity contribution in [3.05, 3.63) is 94.6 Å². The molecular weight excluding hydrogens is 473 g/mol. The van der Waals surface area contributed by atoms with Crippen LogP contribution in [0.3, 0.4) is 0 Å². The molecule has 0 spiro atoms. The van der Waals surface area contributed by atoms with Crippen molar-refractivity contribution < 1.29 is 14.0 Å². The number of thioether (sulfide) groups is 1. The van der Waals surface area contributed by atoms with Crippen LogP contribution in [0.5, 0.6) is 0 Å². The van der Waals surface area contributed by atoms with Gasteiger partial charge in [0.15, 0.2) is 0 Å². The highest BCUT2D eigenvalue weighted by Gasteiger charge is 2.33. The van der Waals surface area contributed by atoms with Crippen molar-refractivity contribution >= 4 is 41.0 Å². The molecule has 0 bridgehead atoms. The Hall–Kier alpha value is -3.58. The lowest BCUT2D eigenvalue weighted by molar-refractivity contribution is -0.131. The fraction of sp³-hybridized carbons (Fsp3) is 0.241. The van der Waals surface area contributed by atoms with Crippen LogP contribution in [0.15, 0.2) is 82.6 Å². The molecule has 0 radical (unpaired) electrons. The third-order valence-electron chi connectivity index (χ3n) is 6.63. The van der Waals surface area contributed by atoms with Gasteiger partial charge in [-0.15, -0.1) is 0 Å². The van der Waals surface area contributed by atoms with Crippen LogP contribution in [0.25, 0.3) is 6.08 Å². The van der Waals surface area contributed by atoms with Gasteiger partial charge in [-0.2, -0.15) is 0 Å². The molecule has 0 aromatic heterocycles. The van der Waals surface area contributed by atoms with Crippen LogP contribution in [0.4, 0.5) is 15.8 Å². The van der Waals surface area contributed by atoms with Gasteiger partial charge in [-0.05, 0) is 55.8 Å². The van der Waals surface area contributed by atoms with Gasteiger partial charge in [-0.3, -0.25) is 14.5 Å². The second kappa shape index (κ2) is 10.2. The van der Waals surface area contributed by atoms with E-state index in [1.165, 1.54) is 28.3 Å². The van der Waals surface area contributed by atoms with E-state index in [0.29, 0.717) is 29.2 Å². The van der Waals surface area contributed by atoms with Crippen LogP contribution in [-0.4, -0.2) is 48.9 Å². The number of nitrogens with zero attached hydrogens (tertiary/aromatic N) is 3. The van der Waals surface area contributed by atoms with Crippen molar-refractivity contribution in [2.24, 2.45) is 0 Å². The van der Waals surface area contributed by atoms with E-state index in [1.54, 1.807) is 24.3 Å². The molecule has 3 aromatic carbocycles. The Bertz CT molecular complexity index is 1340. The van der Waals surface area contributed by atoms with E-state index in [2.05, 4.69) is 43.0 Å². The van der Waals surface area contributed by atoms with Crippen molar-refractivity contribution in [2.75, 3.05) is 36.0 Å². The van der Waals surface area contributed by atoms with Crippen molar-refractivity contribution in [1.29, 1.82) is 0 Å². The van der Waals surface area contributed by atoms with Gasteiger partial charge < -0.3 is 9.80 Å². The number of hydrogen-bond acceptors (Lipinski definition) is 4. The second-order valence-corrected chi connectivity index (χ2v) is 10.3.